The Hall–Kier alpha value is -1.02. The number of anilines is 1. The van der Waals surface area contributed by atoms with Crippen LogP contribution in [0.15, 0.2) is 12.1 Å². The fourth-order valence-electron chi connectivity index (χ4n) is 1.34. The third-order valence-electron chi connectivity index (χ3n) is 2.20. The molecule has 2 nitrogen and oxygen atoms in total. The van der Waals surface area contributed by atoms with Crippen LogP contribution >= 0.6 is 11.6 Å². The molecule has 0 aromatic heterocycles. The fourth-order valence-corrected chi connectivity index (χ4v) is 1.71. The minimum Gasteiger partial charge on any atom is -0.324 e. The van der Waals surface area contributed by atoms with Crippen molar-refractivity contribution in [1.82, 2.24) is 0 Å². The SMILES string of the molecule is Cc1cc(C)c(NC(=O)C(C)C)c(Cl)c1. The van der Waals surface area contributed by atoms with Crippen molar-refractivity contribution in [2.45, 2.75) is 27.7 Å². The van der Waals surface area contributed by atoms with Gasteiger partial charge in [0.1, 0.15) is 0 Å². The molecule has 0 saturated heterocycles. The van der Waals surface area contributed by atoms with E-state index in [2.05, 4.69) is 5.32 Å². The Morgan fingerprint density at radius 1 is 1.33 bits per heavy atom. The van der Waals surface area contributed by atoms with Crippen molar-refractivity contribution in [3.63, 3.8) is 0 Å². The summed E-state index contributed by atoms with van der Waals surface area (Å²) in [6.45, 7) is 7.63. The van der Waals surface area contributed by atoms with E-state index in [9.17, 15) is 4.79 Å². The van der Waals surface area contributed by atoms with Crippen LogP contribution in [0.5, 0.6) is 0 Å². The maximum Gasteiger partial charge on any atom is 0.226 e. The summed E-state index contributed by atoms with van der Waals surface area (Å²) in [4.78, 5) is 11.5. The molecule has 0 atom stereocenters. The summed E-state index contributed by atoms with van der Waals surface area (Å²) in [7, 11) is 0. The van der Waals surface area contributed by atoms with Crippen molar-refractivity contribution in [2.24, 2.45) is 5.92 Å². The summed E-state index contributed by atoms with van der Waals surface area (Å²) in [5, 5.41) is 3.43. The minimum absolute atomic E-state index is 0.0103. The molecule has 0 radical (unpaired) electrons. The number of amides is 1. The molecule has 0 spiro atoms. The van der Waals surface area contributed by atoms with E-state index in [1.54, 1.807) is 0 Å². The molecule has 0 aliphatic carbocycles. The van der Waals surface area contributed by atoms with Crippen LogP contribution < -0.4 is 5.32 Å². The summed E-state index contributed by atoms with van der Waals surface area (Å²) in [6.07, 6.45) is 0. The van der Waals surface area contributed by atoms with Gasteiger partial charge in [-0.15, -0.1) is 0 Å². The first-order valence-electron chi connectivity index (χ1n) is 4.99. The predicted molar refractivity (Wildman–Crippen MR) is 64.4 cm³/mol. The van der Waals surface area contributed by atoms with Crippen molar-refractivity contribution in [3.05, 3.63) is 28.3 Å². The number of hydrogen-bond donors (Lipinski definition) is 1. The van der Waals surface area contributed by atoms with Crippen molar-refractivity contribution in [3.8, 4) is 0 Å². The van der Waals surface area contributed by atoms with E-state index in [4.69, 9.17) is 11.6 Å². The lowest BCUT2D eigenvalue weighted by molar-refractivity contribution is -0.118. The molecule has 15 heavy (non-hydrogen) atoms. The third kappa shape index (κ3) is 2.96. The molecule has 0 aliphatic heterocycles. The number of aryl methyl sites for hydroxylation is 2. The summed E-state index contributed by atoms with van der Waals surface area (Å²) < 4.78 is 0. The van der Waals surface area contributed by atoms with Crippen molar-refractivity contribution < 1.29 is 4.79 Å². The topological polar surface area (TPSA) is 29.1 Å². The van der Waals surface area contributed by atoms with Crippen molar-refractivity contribution >= 4 is 23.2 Å². The first-order valence-corrected chi connectivity index (χ1v) is 5.37. The maximum absolute atomic E-state index is 11.5. The summed E-state index contributed by atoms with van der Waals surface area (Å²) in [6, 6.07) is 3.85. The van der Waals surface area contributed by atoms with Crippen LogP contribution in [-0.4, -0.2) is 5.91 Å². The van der Waals surface area contributed by atoms with Gasteiger partial charge in [-0.2, -0.15) is 0 Å². The Balaban J connectivity index is 3.00. The zero-order valence-corrected chi connectivity index (χ0v) is 10.3. The first kappa shape index (κ1) is 12.1. The van der Waals surface area contributed by atoms with Gasteiger partial charge in [0, 0.05) is 5.92 Å². The van der Waals surface area contributed by atoms with E-state index in [0.29, 0.717) is 5.02 Å². The second kappa shape index (κ2) is 4.67. The largest absolute Gasteiger partial charge is 0.324 e. The molecule has 1 N–H and O–H groups in total. The summed E-state index contributed by atoms with van der Waals surface area (Å²) in [5.74, 6) is -0.0503. The molecule has 1 amide bonds. The van der Waals surface area contributed by atoms with Crippen LogP contribution in [0.25, 0.3) is 0 Å². The highest BCUT2D eigenvalue weighted by Crippen LogP contribution is 2.27. The molecule has 1 rings (SSSR count). The fraction of sp³-hybridized carbons (Fsp3) is 0.417. The Morgan fingerprint density at radius 3 is 2.40 bits per heavy atom. The van der Waals surface area contributed by atoms with E-state index >= 15 is 0 Å². The molecule has 0 unspecified atom stereocenters. The quantitative estimate of drug-likeness (QED) is 0.820. The number of halogens is 1. The van der Waals surface area contributed by atoms with E-state index in [-0.39, 0.29) is 11.8 Å². The van der Waals surface area contributed by atoms with Crippen molar-refractivity contribution in [1.29, 1.82) is 0 Å². The lowest BCUT2D eigenvalue weighted by Gasteiger charge is -2.12. The lowest BCUT2D eigenvalue weighted by Crippen LogP contribution is -2.18. The second-order valence-electron chi connectivity index (χ2n) is 4.08. The zero-order valence-electron chi connectivity index (χ0n) is 9.52. The number of carbonyl (C=O) groups excluding carboxylic acids is 1. The van der Waals surface area contributed by atoms with Crippen LogP contribution in [-0.2, 0) is 4.79 Å². The maximum atomic E-state index is 11.5. The number of benzene rings is 1. The molecule has 1 aromatic carbocycles. The highest BCUT2D eigenvalue weighted by atomic mass is 35.5. The number of carbonyl (C=O) groups is 1. The average molecular weight is 226 g/mol. The van der Waals surface area contributed by atoms with Gasteiger partial charge in [0.15, 0.2) is 0 Å². The molecule has 1 aromatic rings. The standard InChI is InChI=1S/C12H16ClNO/c1-7(2)12(15)14-11-9(4)5-8(3)6-10(11)13/h5-7H,1-4H3,(H,14,15). The average Bonchev–Trinajstić information content (AvgIpc) is 2.10. The molecular weight excluding hydrogens is 210 g/mol. The van der Waals surface area contributed by atoms with Gasteiger partial charge in [-0.25, -0.2) is 0 Å². The Morgan fingerprint density at radius 2 is 1.93 bits per heavy atom. The highest BCUT2D eigenvalue weighted by molar-refractivity contribution is 6.34. The van der Waals surface area contributed by atoms with E-state index in [0.717, 1.165) is 16.8 Å². The normalized spacial score (nSPS) is 10.5. The summed E-state index contributed by atoms with van der Waals surface area (Å²) in [5.41, 5.74) is 2.81. The van der Waals surface area contributed by atoms with Gasteiger partial charge in [-0.05, 0) is 31.0 Å². The number of nitrogens with one attached hydrogen (secondary N) is 1. The van der Waals surface area contributed by atoms with Crippen LogP contribution in [0, 0.1) is 19.8 Å². The minimum atomic E-state index is -0.0400. The number of hydrogen-bond acceptors (Lipinski definition) is 1. The van der Waals surface area contributed by atoms with Gasteiger partial charge in [0.2, 0.25) is 5.91 Å². The Bertz CT molecular complexity index is 362. The van der Waals surface area contributed by atoms with Crippen LogP contribution in [0.1, 0.15) is 25.0 Å². The first-order chi connectivity index (χ1) is 6.91. The second-order valence-corrected chi connectivity index (χ2v) is 4.49. The third-order valence-corrected chi connectivity index (χ3v) is 2.50. The van der Waals surface area contributed by atoms with Crippen LogP contribution in [0.2, 0.25) is 5.02 Å². The van der Waals surface area contributed by atoms with Crippen LogP contribution in [0.3, 0.4) is 0 Å². The monoisotopic (exact) mass is 225 g/mol. The molecule has 0 heterocycles. The van der Waals surface area contributed by atoms with E-state index < -0.39 is 0 Å². The van der Waals surface area contributed by atoms with Crippen LogP contribution in [0.4, 0.5) is 5.69 Å². The molecule has 0 fully saturated rings. The van der Waals surface area contributed by atoms with Gasteiger partial charge in [-0.1, -0.05) is 31.5 Å². The van der Waals surface area contributed by atoms with Gasteiger partial charge in [-0.3, -0.25) is 4.79 Å². The smallest absolute Gasteiger partial charge is 0.226 e. The molecule has 0 saturated carbocycles. The van der Waals surface area contributed by atoms with E-state index in [1.165, 1.54) is 0 Å². The molecule has 0 aliphatic rings. The highest BCUT2D eigenvalue weighted by Gasteiger charge is 2.11. The number of rotatable bonds is 2. The molecule has 82 valence electrons. The van der Waals surface area contributed by atoms with Crippen molar-refractivity contribution in [2.75, 3.05) is 5.32 Å². The molecule has 0 bridgehead atoms. The van der Waals surface area contributed by atoms with Gasteiger partial charge in [0.05, 0.1) is 10.7 Å². The Labute approximate surface area is 95.6 Å². The predicted octanol–water partition coefficient (Wildman–Crippen LogP) is 3.55. The zero-order chi connectivity index (χ0) is 11.6. The summed E-state index contributed by atoms with van der Waals surface area (Å²) >= 11 is 6.07. The molecule has 3 heteroatoms. The van der Waals surface area contributed by atoms with Gasteiger partial charge in [0.25, 0.3) is 0 Å². The Kier molecular flexibility index (Phi) is 3.75. The molecular formula is C12H16ClNO. The van der Waals surface area contributed by atoms with Gasteiger partial charge >= 0.3 is 0 Å². The lowest BCUT2D eigenvalue weighted by atomic mass is 10.1. The van der Waals surface area contributed by atoms with E-state index in [1.807, 2.05) is 39.8 Å². The van der Waals surface area contributed by atoms with Gasteiger partial charge < -0.3 is 5.32 Å².